The molecule has 4 aromatic carbocycles. The molecule has 1 fully saturated rings. The van der Waals surface area contributed by atoms with E-state index in [2.05, 4.69) is 4.98 Å². The van der Waals surface area contributed by atoms with Gasteiger partial charge in [0, 0.05) is 61.2 Å². The minimum atomic E-state index is -1.53. The number of methoxy groups -OCH3 is 3. The zero-order valence-corrected chi connectivity index (χ0v) is 33.3. The Morgan fingerprint density at radius 1 is 0.833 bits per heavy atom. The van der Waals surface area contributed by atoms with E-state index in [1.165, 1.54) is 47.4 Å². The summed E-state index contributed by atoms with van der Waals surface area (Å²) in [6.07, 6.45) is 3.22. The molecule has 0 radical (unpaired) electrons. The first-order valence-electron chi connectivity index (χ1n) is 19.5. The lowest BCUT2D eigenvalue weighted by molar-refractivity contribution is -0.133. The van der Waals surface area contributed by atoms with Gasteiger partial charge in [0.1, 0.15) is 17.2 Å². The lowest BCUT2D eigenvalue weighted by Gasteiger charge is -2.54. The van der Waals surface area contributed by atoms with Crippen molar-refractivity contribution in [2.24, 2.45) is 13.0 Å². The average Bonchev–Trinajstić information content (AvgIpc) is 3.52. The van der Waals surface area contributed by atoms with E-state index < -0.39 is 40.2 Å². The Morgan fingerprint density at radius 3 is 2.22 bits per heavy atom. The van der Waals surface area contributed by atoms with E-state index in [1.807, 2.05) is 42.5 Å². The molecule has 14 nitrogen and oxygen atoms in total. The number of nitrogens with zero attached hydrogens (tertiary/aromatic N) is 5. The van der Waals surface area contributed by atoms with Crippen molar-refractivity contribution in [2.45, 2.75) is 43.3 Å². The lowest BCUT2D eigenvalue weighted by atomic mass is 9.47. The van der Waals surface area contributed by atoms with Crippen LogP contribution >= 0.6 is 0 Å². The maximum absolute atomic E-state index is 15.2. The molecule has 6 aromatic rings. The van der Waals surface area contributed by atoms with Crippen molar-refractivity contribution in [2.75, 3.05) is 21.3 Å². The number of phenolic OH excluding ortho intramolecular Hbond substituents is 1. The van der Waals surface area contributed by atoms with Crippen LogP contribution in [-0.2, 0) is 41.6 Å². The number of benzene rings is 4. The van der Waals surface area contributed by atoms with Gasteiger partial charge in [0.15, 0.2) is 23.1 Å². The van der Waals surface area contributed by atoms with Gasteiger partial charge in [-0.15, -0.1) is 0 Å². The summed E-state index contributed by atoms with van der Waals surface area (Å²) in [4.78, 5) is 77.4. The van der Waals surface area contributed by atoms with Crippen molar-refractivity contribution in [3.8, 4) is 23.0 Å². The van der Waals surface area contributed by atoms with Crippen LogP contribution in [0.2, 0.25) is 0 Å². The van der Waals surface area contributed by atoms with Crippen LogP contribution in [-0.4, -0.2) is 61.5 Å². The van der Waals surface area contributed by atoms with Gasteiger partial charge in [-0.3, -0.25) is 14.4 Å². The number of ketones is 2. The molecule has 3 heterocycles. The van der Waals surface area contributed by atoms with E-state index in [0.29, 0.717) is 50.5 Å². The Labute approximate surface area is 342 Å². The number of phenols is 1. The summed E-state index contributed by atoms with van der Waals surface area (Å²) in [5.41, 5.74) is 0.351. The van der Waals surface area contributed by atoms with Crippen molar-refractivity contribution in [1.82, 2.24) is 23.5 Å². The molecule has 14 heteroatoms. The van der Waals surface area contributed by atoms with E-state index in [0.717, 1.165) is 4.57 Å². The van der Waals surface area contributed by atoms with Crippen LogP contribution in [0, 0.1) is 5.92 Å². The van der Waals surface area contributed by atoms with Crippen LogP contribution in [0.5, 0.6) is 23.0 Å². The van der Waals surface area contributed by atoms with Gasteiger partial charge in [0.25, 0.3) is 5.56 Å². The van der Waals surface area contributed by atoms with Crippen LogP contribution in [0.4, 0.5) is 0 Å². The molecule has 1 saturated carbocycles. The molecule has 60 heavy (non-hydrogen) atoms. The van der Waals surface area contributed by atoms with Gasteiger partial charge in [-0.25, -0.2) is 28.5 Å². The zero-order chi connectivity index (χ0) is 42.0. The van der Waals surface area contributed by atoms with Gasteiger partial charge in [-0.05, 0) is 35.3 Å². The smallest absolute Gasteiger partial charge is 0.347 e. The first-order chi connectivity index (χ1) is 29.0. The van der Waals surface area contributed by atoms with E-state index in [1.54, 1.807) is 55.6 Å². The van der Waals surface area contributed by atoms with E-state index in [9.17, 15) is 19.5 Å². The molecule has 0 unspecified atom stereocenters. The normalized spacial score (nSPS) is 20.8. The fourth-order valence-electron chi connectivity index (χ4n) is 9.70. The number of ether oxygens (including phenoxy) is 3. The van der Waals surface area contributed by atoms with Crippen molar-refractivity contribution < 1.29 is 28.9 Å². The molecule has 0 amide bonds. The topological polar surface area (TPSA) is 166 Å². The van der Waals surface area contributed by atoms with Gasteiger partial charge >= 0.3 is 11.4 Å². The molecule has 0 saturated heterocycles. The van der Waals surface area contributed by atoms with Crippen molar-refractivity contribution in [3.05, 3.63) is 162 Å². The molecular formula is C46H41N5O9. The molecule has 304 valence electrons. The summed E-state index contributed by atoms with van der Waals surface area (Å²) in [7, 11) is 6.09. The van der Waals surface area contributed by atoms with Crippen LogP contribution in [0.15, 0.2) is 123 Å². The number of Topliss-reactive ketones (excluding diaryl/α,β-unsaturated/α-hetero) is 1. The fraction of sp³-hybridized carbons (Fsp3) is 0.261. The third-order valence-electron chi connectivity index (χ3n) is 12.5. The van der Waals surface area contributed by atoms with Gasteiger partial charge in [0.05, 0.1) is 50.4 Å². The second-order valence-corrected chi connectivity index (χ2v) is 15.3. The Hall–Kier alpha value is -7.22. The van der Waals surface area contributed by atoms with Crippen molar-refractivity contribution in [1.29, 1.82) is 0 Å². The number of aromatic hydroxyl groups is 1. The monoisotopic (exact) mass is 807 g/mol. The summed E-state index contributed by atoms with van der Waals surface area (Å²) in [5, 5.41) is 11.7. The summed E-state index contributed by atoms with van der Waals surface area (Å²) in [5.74, 6) is -1.48. The Balaban J connectivity index is 1.19. The predicted octanol–water partition coefficient (Wildman–Crippen LogP) is 4.49. The molecule has 0 bridgehead atoms. The Morgan fingerprint density at radius 2 is 1.53 bits per heavy atom. The molecule has 4 atom stereocenters. The largest absolute Gasteiger partial charge is 0.508 e. The van der Waals surface area contributed by atoms with E-state index in [4.69, 9.17) is 14.2 Å². The summed E-state index contributed by atoms with van der Waals surface area (Å²) in [6.45, 7) is -0.188. The molecule has 1 aliphatic heterocycles. The molecule has 2 aromatic heterocycles. The van der Waals surface area contributed by atoms with Crippen molar-refractivity contribution >= 4 is 28.2 Å². The highest BCUT2D eigenvalue weighted by molar-refractivity contribution is 6.31. The summed E-state index contributed by atoms with van der Waals surface area (Å²) >= 11 is 0. The minimum absolute atomic E-state index is 0.00429. The Bertz CT molecular complexity index is 2990. The number of aryl methyl sites for hydroxylation is 2. The van der Waals surface area contributed by atoms with Gasteiger partial charge in [-0.1, -0.05) is 72.8 Å². The lowest BCUT2D eigenvalue weighted by Crippen LogP contribution is -2.58. The van der Waals surface area contributed by atoms with E-state index >= 15 is 9.59 Å². The molecule has 2 aliphatic carbocycles. The number of aromatic nitrogens is 5. The van der Waals surface area contributed by atoms with Crippen LogP contribution < -0.4 is 31.1 Å². The highest BCUT2D eigenvalue weighted by Gasteiger charge is 2.63. The molecule has 1 N–H and O–H groups in total. The second kappa shape index (κ2) is 14.6. The number of hydrogen-bond donors (Lipinski definition) is 1. The minimum Gasteiger partial charge on any atom is -0.508 e. The van der Waals surface area contributed by atoms with Crippen molar-refractivity contribution in [3.63, 3.8) is 0 Å². The van der Waals surface area contributed by atoms with Gasteiger partial charge in [0.2, 0.25) is 0 Å². The average molecular weight is 808 g/mol. The quantitative estimate of drug-likeness (QED) is 0.206. The molecule has 9 rings (SSSR count). The second-order valence-electron chi connectivity index (χ2n) is 15.3. The van der Waals surface area contributed by atoms with Crippen LogP contribution in [0.3, 0.4) is 0 Å². The first kappa shape index (κ1) is 38.3. The third kappa shape index (κ3) is 5.61. The number of hydrogen-bond acceptors (Lipinski definition) is 10. The highest BCUT2D eigenvalue weighted by atomic mass is 16.5. The molecular weight excluding hydrogens is 767 g/mol. The number of carbonyl (C=O) groups excluding carboxylic acids is 2. The molecule has 0 spiro atoms. The van der Waals surface area contributed by atoms with E-state index in [-0.39, 0.29) is 54.5 Å². The predicted molar refractivity (Wildman–Crippen MR) is 222 cm³/mol. The standard InChI is InChI=1S/C46H41N5O9/c1-48-36-25-39(60-4)38(59-3)24-34(36)47-33(43(48)55)18-19-49-44(56)50-20-17-29-35(51(50)45(49)57)23-32-42(54)31(26-11-7-5-8-12-26)22-40(53)46(32,27-13-9-6-10-14-27)41(29)30-16-15-28(58-2)21-37(30)52/h5-17,21-22,24-25,32,35,41,52H,18-20,23H2,1-4H3/t32-,35+,41+,46-/m0/s1. The zero-order valence-electron chi connectivity index (χ0n) is 33.3. The van der Waals surface area contributed by atoms with Crippen LogP contribution in [0.1, 0.15) is 40.8 Å². The first-order valence-corrected chi connectivity index (χ1v) is 19.5. The highest BCUT2D eigenvalue weighted by Crippen LogP contribution is 2.62. The maximum atomic E-state index is 15.2. The fourth-order valence-corrected chi connectivity index (χ4v) is 9.70. The SMILES string of the molecule is COc1ccc([C@H]2C3=CCn4c(=O)n(CCc5nc6cc(OC)c(OC)cc6n(C)c5=O)c(=O)n4[C@@H]3C[C@H]3C(=O)C(c4ccccc4)=CC(=O)[C@@]23c2ccccc2)c(O)c1. The van der Waals surface area contributed by atoms with Gasteiger partial charge < -0.3 is 23.9 Å². The van der Waals surface area contributed by atoms with Gasteiger partial charge in [-0.2, -0.15) is 0 Å². The maximum Gasteiger partial charge on any atom is 0.347 e. The number of fused-ring (bicyclic) bond motifs is 5. The van der Waals surface area contributed by atoms with Crippen LogP contribution in [0.25, 0.3) is 16.6 Å². The molecule has 3 aliphatic rings. The summed E-state index contributed by atoms with van der Waals surface area (Å²) < 4.78 is 21.5. The summed E-state index contributed by atoms with van der Waals surface area (Å²) in [6, 6.07) is 25.4. The number of rotatable bonds is 9. The third-order valence-corrected chi connectivity index (χ3v) is 12.5. The number of carbonyl (C=O) groups is 2. The Kier molecular flexibility index (Phi) is 9.29. The number of allylic oxidation sites excluding steroid dienone is 4.